The van der Waals surface area contributed by atoms with E-state index >= 15 is 0 Å². The van der Waals surface area contributed by atoms with Crippen LogP contribution in [0.5, 0.6) is 11.8 Å². The number of fused-ring (bicyclic) bond motifs is 1. The predicted octanol–water partition coefficient (Wildman–Crippen LogP) is 7.09. The third-order valence-corrected chi connectivity index (χ3v) is 7.09. The molecule has 1 aromatic carbocycles. The highest BCUT2D eigenvalue weighted by molar-refractivity contribution is 7.99. The first-order valence-corrected chi connectivity index (χ1v) is 13.7. The molecule has 0 atom stereocenters. The zero-order chi connectivity index (χ0) is 25.5. The van der Waals surface area contributed by atoms with Crippen LogP contribution in [0.4, 0.5) is 0 Å². The fourth-order valence-electron chi connectivity index (χ4n) is 4.53. The summed E-state index contributed by atoms with van der Waals surface area (Å²) >= 11 is 1.85. The minimum absolute atomic E-state index is 0.00897. The van der Waals surface area contributed by atoms with Gasteiger partial charge in [0.15, 0.2) is 0 Å². The third kappa shape index (κ3) is 7.73. The number of hydrogen-bond donors (Lipinski definition) is 0. The first-order chi connectivity index (χ1) is 16.6. The van der Waals surface area contributed by atoms with Crippen LogP contribution in [0.3, 0.4) is 0 Å². The Morgan fingerprint density at radius 1 is 1.06 bits per heavy atom. The summed E-state index contributed by atoms with van der Waals surface area (Å²) in [5.41, 5.74) is 2.66. The highest BCUT2D eigenvalue weighted by atomic mass is 32.2. The molecule has 1 aliphatic rings. The van der Waals surface area contributed by atoms with Crippen molar-refractivity contribution in [3.05, 3.63) is 41.2 Å². The summed E-state index contributed by atoms with van der Waals surface area (Å²) in [6.45, 7) is 13.0. The lowest BCUT2D eigenvalue weighted by molar-refractivity contribution is -0.134. The molecule has 0 saturated carbocycles. The van der Waals surface area contributed by atoms with Gasteiger partial charge < -0.3 is 9.47 Å². The van der Waals surface area contributed by atoms with Crippen molar-refractivity contribution in [1.29, 1.82) is 0 Å². The Kier molecular flexibility index (Phi) is 9.24. The molecule has 0 spiro atoms. The molecule has 35 heavy (non-hydrogen) atoms. The largest absolute Gasteiger partial charge is 0.487 e. The van der Waals surface area contributed by atoms with Crippen LogP contribution in [-0.2, 0) is 10.2 Å². The molecule has 2 heterocycles. The van der Waals surface area contributed by atoms with Crippen LogP contribution in [0.15, 0.2) is 29.4 Å². The van der Waals surface area contributed by atoms with Crippen molar-refractivity contribution in [1.82, 2.24) is 9.97 Å². The average Bonchev–Trinajstić information content (AvgIpc) is 2.77. The summed E-state index contributed by atoms with van der Waals surface area (Å²) in [5, 5.41) is 0. The zero-order valence-electron chi connectivity index (χ0n) is 22.0. The van der Waals surface area contributed by atoms with Crippen LogP contribution in [0.2, 0.25) is 0 Å². The number of aromatic nitrogens is 2. The molecular formula is C29H38N2O3S. The molecule has 1 aliphatic heterocycles. The maximum absolute atomic E-state index is 11.7. The lowest BCUT2D eigenvalue weighted by Crippen LogP contribution is -2.41. The molecular weight excluding hydrogens is 456 g/mol. The highest BCUT2D eigenvalue weighted by Gasteiger charge is 2.39. The van der Waals surface area contributed by atoms with Gasteiger partial charge in [0.25, 0.3) is 0 Å². The standard InChI is InChI=1S/C29H38N2O3S/c1-7-9-10-11-15-35-25-17-24-23(28(3,4)20-29(5,6)34-24)16-22(25)14-13-21-18-30-27(31-19-21)33-26(32)12-8-2/h16-19H,7-12,15,20H2,1-6H3. The summed E-state index contributed by atoms with van der Waals surface area (Å²) in [6, 6.07) is 4.44. The number of carbonyl (C=O) groups excluding carboxylic acids is 1. The second kappa shape index (κ2) is 11.9. The van der Waals surface area contributed by atoms with Gasteiger partial charge in [0.2, 0.25) is 0 Å². The van der Waals surface area contributed by atoms with E-state index in [0.717, 1.165) is 34.8 Å². The number of thioether (sulfide) groups is 1. The topological polar surface area (TPSA) is 61.3 Å². The van der Waals surface area contributed by atoms with Crippen molar-refractivity contribution in [2.45, 2.75) is 102 Å². The smallest absolute Gasteiger partial charge is 0.324 e. The number of esters is 1. The first-order valence-electron chi connectivity index (χ1n) is 12.7. The maximum atomic E-state index is 11.7. The summed E-state index contributed by atoms with van der Waals surface area (Å²) in [4.78, 5) is 21.1. The highest BCUT2D eigenvalue weighted by Crippen LogP contribution is 2.46. The Morgan fingerprint density at radius 3 is 2.49 bits per heavy atom. The monoisotopic (exact) mass is 494 g/mol. The molecule has 3 rings (SSSR count). The van der Waals surface area contributed by atoms with E-state index in [-0.39, 0.29) is 23.0 Å². The van der Waals surface area contributed by atoms with Crippen LogP contribution in [0.25, 0.3) is 0 Å². The Labute approximate surface area is 214 Å². The van der Waals surface area contributed by atoms with E-state index in [2.05, 4.69) is 68.6 Å². The Hall–Kier alpha value is -2.52. The van der Waals surface area contributed by atoms with E-state index in [1.165, 1.54) is 31.2 Å². The van der Waals surface area contributed by atoms with Crippen molar-refractivity contribution >= 4 is 17.7 Å². The number of unbranched alkanes of at least 4 members (excludes halogenated alkanes) is 3. The Bertz CT molecular complexity index is 1080. The van der Waals surface area contributed by atoms with Crippen molar-refractivity contribution in [3.8, 4) is 23.6 Å². The van der Waals surface area contributed by atoms with Crippen LogP contribution in [-0.4, -0.2) is 27.3 Å². The quantitative estimate of drug-likeness (QED) is 0.160. The molecule has 0 fully saturated rings. The normalized spacial score (nSPS) is 15.4. The van der Waals surface area contributed by atoms with E-state index in [1.54, 1.807) is 12.4 Å². The van der Waals surface area contributed by atoms with Gasteiger partial charge in [0, 0.05) is 34.8 Å². The van der Waals surface area contributed by atoms with E-state index in [1.807, 2.05) is 18.7 Å². The number of ether oxygens (including phenoxy) is 2. The SMILES string of the molecule is CCCCCCSc1cc2c(cc1C#Cc1cnc(OC(=O)CCC)nc1)C(C)(C)CC(C)(C)O2. The molecule has 6 heteroatoms. The molecule has 0 aliphatic carbocycles. The summed E-state index contributed by atoms with van der Waals surface area (Å²) in [7, 11) is 0. The van der Waals surface area contributed by atoms with Gasteiger partial charge in [0.05, 0.1) is 5.56 Å². The van der Waals surface area contributed by atoms with Crippen LogP contribution >= 0.6 is 11.8 Å². The lowest BCUT2D eigenvalue weighted by Gasteiger charge is -2.42. The predicted molar refractivity (Wildman–Crippen MR) is 142 cm³/mol. The average molecular weight is 495 g/mol. The van der Waals surface area contributed by atoms with Gasteiger partial charge in [-0.05, 0) is 56.4 Å². The van der Waals surface area contributed by atoms with E-state index in [0.29, 0.717) is 12.0 Å². The van der Waals surface area contributed by atoms with E-state index < -0.39 is 0 Å². The Balaban J connectivity index is 1.87. The zero-order valence-corrected chi connectivity index (χ0v) is 22.8. The van der Waals surface area contributed by atoms with Crippen molar-refractivity contribution < 1.29 is 14.3 Å². The van der Waals surface area contributed by atoms with Gasteiger partial charge in [-0.1, -0.05) is 58.8 Å². The molecule has 0 radical (unpaired) electrons. The summed E-state index contributed by atoms with van der Waals surface area (Å²) in [5.74, 6) is 8.25. The second-order valence-electron chi connectivity index (χ2n) is 10.4. The summed E-state index contributed by atoms with van der Waals surface area (Å²) < 4.78 is 11.5. The van der Waals surface area contributed by atoms with Gasteiger partial charge >= 0.3 is 12.0 Å². The van der Waals surface area contributed by atoms with Crippen LogP contribution < -0.4 is 9.47 Å². The van der Waals surface area contributed by atoms with Crippen molar-refractivity contribution in [3.63, 3.8) is 0 Å². The van der Waals surface area contributed by atoms with Crippen molar-refractivity contribution in [2.75, 3.05) is 5.75 Å². The van der Waals surface area contributed by atoms with Crippen LogP contribution in [0.1, 0.15) is 103 Å². The second-order valence-corrected chi connectivity index (χ2v) is 11.5. The van der Waals surface area contributed by atoms with Crippen molar-refractivity contribution in [2.24, 2.45) is 0 Å². The van der Waals surface area contributed by atoms with E-state index in [4.69, 9.17) is 9.47 Å². The Morgan fingerprint density at radius 2 is 1.80 bits per heavy atom. The fourth-order valence-corrected chi connectivity index (χ4v) is 5.55. The van der Waals surface area contributed by atoms with E-state index in [9.17, 15) is 4.79 Å². The maximum Gasteiger partial charge on any atom is 0.324 e. The molecule has 188 valence electrons. The molecule has 0 amide bonds. The first kappa shape index (κ1) is 27.1. The molecule has 1 aromatic heterocycles. The van der Waals surface area contributed by atoms with Gasteiger partial charge in [0.1, 0.15) is 11.4 Å². The molecule has 0 bridgehead atoms. The number of benzene rings is 1. The molecule has 0 saturated heterocycles. The number of hydrogen-bond acceptors (Lipinski definition) is 6. The third-order valence-electron chi connectivity index (χ3n) is 5.95. The van der Waals surface area contributed by atoms with Gasteiger partial charge in [-0.3, -0.25) is 4.79 Å². The lowest BCUT2D eigenvalue weighted by atomic mass is 9.73. The molecule has 2 aromatic rings. The van der Waals surface area contributed by atoms with Gasteiger partial charge in [-0.15, -0.1) is 11.8 Å². The minimum atomic E-state index is -0.325. The van der Waals surface area contributed by atoms with Crippen LogP contribution in [0, 0.1) is 11.8 Å². The number of nitrogens with zero attached hydrogens (tertiary/aromatic N) is 2. The molecule has 0 unspecified atom stereocenters. The number of rotatable bonds is 9. The van der Waals surface area contributed by atoms with Gasteiger partial charge in [-0.2, -0.15) is 0 Å². The number of carbonyl (C=O) groups is 1. The minimum Gasteiger partial charge on any atom is -0.487 e. The fraction of sp³-hybridized carbons (Fsp3) is 0.552. The van der Waals surface area contributed by atoms with Gasteiger partial charge in [-0.25, -0.2) is 9.97 Å². The molecule has 5 nitrogen and oxygen atoms in total. The molecule has 0 N–H and O–H groups in total. The summed E-state index contributed by atoms with van der Waals surface area (Å²) in [6.07, 6.45) is 10.1.